The van der Waals surface area contributed by atoms with Crippen molar-refractivity contribution in [1.29, 1.82) is 0 Å². The van der Waals surface area contributed by atoms with Gasteiger partial charge in [0.05, 0.1) is 5.60 Å². The minimum atomic E-state index is -0.642. The van der Waals surface area contributed by atoms with Crippen LogP contribution in [0, 0.1) is 11.8 Å². The van der Waals surface area contributed by atoms with Crippen LogP contribution in [0.1, 0.15) is 43.0 Å². The first-order valence-electron chi connectivity index (χ1n) is 8.11. The van der Waals surface area contributed by atoms with E-state index in [1.165, 1.54) is 11.0 Å². The molecule has 1 aromatic heterocycles. The summed E-state index contributed by atoms with van der Waals surface area (Å²) in [6.45, 7) is 3.05. The minimum Gasteiger partial charge on any atom is -0.389 e. The van der Waals surface area contributed by atoms with Gasteiger partial charge >= 0.3 is 0 Å². The van der Waals surface area contributed by atoms with E-state index in [2.05, 4.69) is 0 Å². The first kappa shape index (κ1) is 15.3. The quantitative estimate of drug-likeness (QED) is 0.898. The van der Waals surface area contributed by atoms with Gasteiger partial charge in [-0.25, -0.2) is 0 Å². The number of carbonyl (C=O) groups is 1. The lowest BCUT2D eigenvalue weighted by molar-refractivity contribution is -0.122. The molecule has 0 bridgehead atoms. The van der Waals surface area contributed by atoms with Crippen molar-refractivity contribution in [1.82, 2.24) is 9.47 Å². The molecule has 5 heteroatoms. The number of aryl methyl sites for hydroxylation is 1. The van der Waals surface area contributed by atoms with E-state index in [-0.39, 0.29) is 22.9 Å². The SMILES string of the molecule is C[C@@H]1CN(C(=O)c2cccn(C)c2=O)CC[C@@]1(O)C1CCC1. The van der Waals surface area contributed by atoms with Crippen LogP contribution in [0.15, 0.2) is 23.1 Å². The second kappa shape index (κ2) is 5.54. The molecule has 120 valence electrons. The lowest BCUT2D eigenvalue weighted by Crippen LogP contribution is -2.57. The van der Waals surface area contributed by atoms with Crippen molar-refractivity contribution in [2.75, 3.05) is 13.1 Å². The van der Waals surface area contributed by atoms with E-state index < -0.39 is 5.60 Å². The van der Waals surface area contributed by atoms with E-state index >= 15 is 0 Å². The summed E-state index contributed by atoms with van der Waals surface area (Å²) in [4.78, 5) is 26.4. The molecule has 1 aromatic rings. The highest BCUT2D eigenvalue weighted by Gasteiger charge is 2.47. The fraction of sp³-hybridized carbons (Fsp3) is 0.647. The molecule has 0 unspecified atom stereocenters. The maximum absolute atomic E-state index is 12.6. The van der Waals surface area contributed by atoms with Gasteiger partial charge in [0, 0.05) is 32.3 Å². The van der Waals surface area contributed by atoms with Gasteiger partial charge in [-0.05, 0) is 37.3 Å². The molecule has 1 aliphatic heterocycles. The largest absolute Gasteiger partial charge is 0.389 e. The summed E-state index contributed by atoms with van der Waals surface area (Å²) in [7, 11) is 1.65. The van der Waals surface area contributed by atoms with Crippen LogP contribution < -0.4 is 5.56 Å². The zero-order valence-electron chi connectivity index (χ0n) is 13.3. The summed E-state index contributed by atoms with van der Waals surface area (Å²) in [6, 6.07) is 3.30. The first-order valence-corrected chi connectivity index (χ1v) is 8.11. The first-order chi connectivity index (χ1) is 10.4. The van der Waals surface area contributed by atoms with Gasteiger partial charge in [0.2, 0.25) is 0 Å². The van der Waals surface area contributed by atoms with Gasteiger partial charge in [0.1, 0.15) is 5.56 Å². The molecule has 1 amide bonds. The topological polar surface area (TPSA) is 62.5 Å². The summed E-state index contributed by atoms with van der Waals surface area (Å²) in [5, 5.41) is 10.9. The van der Waals surface area contributed by atoms with E-state index in [1.54, 1.807) is 30.3 Å². The Morgan fingerprint density at radius 1 is 1.41 bits per heavy atom. The molecule has 2 fully saturated rings. The second-order valence-electron chi connectivity index (χ2n) is 6.86. The molecule has 2 aliphatic rings. The van der Waals surface area contributed by atoms with Gasteiger partial charge in [0.25, 0.3) is 11.5 Å². The van der Waals surface area contributed by atoms with E-state index in [0.717, 1.165) is 12.8 Å². The number of likely N-dealkylation sites (tertiary alicyclic amines) is 1. The minimum absolute atomic E-state index is 0.0445. The molecule has 1 saturated heterocycles. The van der Waals surface area contributed by atoms with Crippen molar-refractivity contribution in [3.05, 3.63) is 34.2 Å². The molecule has 1 aliphatic carbocycles. The maximum atomic E-state index is 12.6. The van der Waals surface area contributed by atoms with Crippen molar-refractivity contribution in [2.24, 2.45) is 18.9 Å². The fourth-order valence-corrected chi connectivity index (χ4v) is 3.77. The number of aliphatic hydroxyl groups is 1. The van der Waals surface area contributed by atoms with Crippen LogP contribution in [0.4, 0.5) is 0 Å². The predicted octanol–water partition coefficient (Wildman–Crippen LogP) is 1.40. The molecule has 0 spiro atoms. The fourth-order valence-electron chi connectivity index (χ4n) is 3.77. The lowest BCUT2D eigenvalue weighted by atomic mass is 9.65. The highest BCUT2D eigenvalue weighted by molar-refractivity contribution is 5.93. The third-order valence-electron chi connectivity index (χ3n) is 5.58. The Morgan fingerprint density at radius 2 is 2.14 bits per heavy atom. The summed E-state index contributed by atoms with van der Waals surface area (Å²) < 4.78 is 1.42. The van der Waals surface area contributed by atoms with Crippen LogP contribution in [0.5, 0.6) is 0 Å². The van der Waals surface area contributed by atoms with Crippen LogP contribution in [-0.4, -0.2) is 39.2 Å². The zero-order chi connectivity index (χ0) is 15.9. The second-order valence-corrected chi connectivity index (χ2v) is 6.86. The number of amides is 1. The van der Waals surface area contributed by atoms with Crippen LogP contribution >= 0.6 is 0 Å². The number of hydrogen-bond donors (Lipinski definition) is 1. The zero-order valence-corrected chi connectivity index (χ0v) is 13.3. The summed E-state index contributed by atoms with van der Waals surface area (Å²) >= 11 is 0. The Morgan fingerprint density at radius 3 is 2.73 bits per heavy atom. The van der Waals surface area contributed by atoms with Gasteiger partial charge in [-0.2, -0.15) is 0 Å². The third kappa shape index (κ3) is 2.37. The van der Waals surface area contributed by atoms with E-state index in [0.29, 0.717) is 25.4 Å². The van der Waals surface area contributed by atoms with Gasteiger partial charge in [-0.1, -0.05) is 13.3 Å². The number of nitrogens with zero attached hydrogens (tertiary/aromatic N) is 2. The van der Waals surface area contributed by atoms with Gasteiger partial charge in [0.15, 0.2) is 0 Å². The molecule has 3 rings (SSSR count). The average molecular weight is 304 g/mol. The number of hydrogen-bond acceptors (Lipinski definition) is 3. The Balaban J connectivity index is 1.76. The van der Waals surface area contributed by atoms with E-state index in [1.807, 2.05) is 6.92 Å². The molecular weight excluding hydrogens is 280 g/mol. The van der Waals surface area contributed by atoms with Crippen LogP contribution in [-0.2, 0) is 7.05 Å². The van der Waals surface area contributed by atoms with Crippen LogP contribution in [0.25, 0.3) is 0 Å². The van der Waals surface area contributed by atoms with E-state index in [9.17, 15) is 14.7 Å². The Bertz CT molecular complexity index is 635. The molecule has 1 saturated carbocycles. The highest BCUT2D eigenvalue weighted by atomic mass is 16.3. The Hall–Kier alpha value is -1.62. The van der Waals surface area contributed by atoms with Crippen molar-refractivity contribution in [3.8, 4) is 0 Å². The molecule has 2 heterocycles. The molecule has 2 atom stereocenters. The number of aromatic nitrogens is 1. The molecular formula is C17H24N2O3. The van der Waals surface area contributed by atoms with Gasteiger partial charge in [-0.15, -0.1) is 0 Å². The van der Waals surface area contributed by atoms with Gasteiger partial charge in [-0.3, -0.25) is 9.59 Å². The van der Waals surface area contributed by atoms with Crippen molar-refractivity contribution >= 4 is 5.91 Å². The summed E-state index contributed by atoms with van der Waals surface area (Å²) in [5.74, 6) is 0.205. The Kier molecular flexibility index (Phi) is 3.85. The maximum Gasteiger partial charge on any atom is 0.263 e. The molecule has 22 heavy (non-hydrogen) atoms. The van der Waals surface area contributed by atoms with Crippen molar-refractivity contribution < 1.29 is 9.90 Å². The predicted molar refractivity (Wildman–Crippen MR) is 83.7 cm³/mol. The molecule has 1 N–H and O–H groups in total. The number of carbonyl (C=O) groups excluding carboxylic acids is 1. The van der Waals surface area contributed by atoms with Crippen LogP contribution in [0.2, 0.25) is 0 Å². The molecule has 0 radical (unpaired) electrons. The summed E-state index contributed by atoms with van der Waals surface area (Å²) in [5.41, 5.74) is -0.692. The van der Waals surface area contributed by atoms with E-state index in [4.69, 9.17) is 0 Å². The molecule has 5 nitrogen and oxygen atoms in total. The average Bonchev–Trinajstić information content (AvgIpc) is 2.42. The normalized spacial score (nSPS) is 29.2. The van der Waals surface area contributed by atoms with Crippen molar-refractivity contribution in [3.63, 3.8) is 0 Å². The van der Waals surface area contributed by atoms with Crippen LogP contribution in [0.3, 0.4) is 0 Å². The lowest BCUT2D eigenvalue weighted by Gasteiger charge is -2.50. The Labute approximate surface area is 130 Å². The number of pyridine rings is 1. The summed E-state index contributed by atoms with van der Waals surface area (Å²) in [6.07, 6.45) is 5.63. The highest BCUT2D eigenvalue weighted by Crippen LogP contribution is 2.44. The van der Waals surface area contributed by atoms with Crippen molar-refractivity contribution in [2.45, 2.75) is 38.2 Å². The molecule has 0 aromatic carbocycles. The monoisotopic (exact) mass is 304 g/mol. The number of rotatable bonds is 2. The number of piperidine rings is 1. The smallest absolute Gasteiger partial charge is 0.263 e. The standard InChI is InChI=1S/C17H24N2O3/c1-12-11-19(10-8-17(12,22)13-5-3-6-13)16(21)14-7-4-9-18(2)15(14)20/h4,7,9,12-13,22H,3,5-6,8,10-11H2,1-2H3/t12-,17+/m1/s1. The van der Waals surface area contributed by atoms with Gasteiger partial charge < -0.3 is 14.6 Å². The third-order valence-corrected chi connectivity index (χ3v) is 5.58.